The van der Waals surface area contributed by atoms with Crippen LogP contribution >= 0.6 is 11.3 Å². The molecule has 0 bridgehead atoms. The van der Waals surface area contributed by atoms with Crippen LogP contribution in [0.2, 0.25) is 0 Å². The van der Waals surface area contributed by atoms with E-state index in [1.165, 1.54) is 6.07 Å². The van der Waals surface area contributed by atoms with Crippen LogP contribution in [0.4, 0.5) is 10.1 Å². The van der Waals surface area contributed by atoms with Crippen LogP contribution in [0.5, 0.6) is 0 Å². The van der Waals surface area contributed by atoms with Crippen LogP contribution in [0, 0.1) is 12.7 Å². The van der Waals surface area contributed by atoms with Crippen molar-refractivity contribution in [2.75, 3.05) is 5.73 Å². The van der Waals surface area contributed by atoms with E-state index in [2.05, 4.69) is 0 Å². The molecule has 1 aromatic carbocycles. The number of esters is 1. The fraction of sp³-hybridized carbons (Fsp3) is 0.312. The van der Waals surface area contributed by atoms with Gasteiger partial charge in [-0.05, 0) is 45.4 Å². The number of thiophene rings is 1. The highest BCUT2D eigenvalue weighted by atomic mass is 32.1. The van der Waals surface area contributed by atoms with Crippen LogP contribution in [0.3, 0.4) is 0 Å². The van der Waals surface area contributed by atoms with Gasteiger partial charge in [0.05, 0.1) is 5.69 Å². The summed E-state index contributed by atoms with van der Waals surface area (Å²) in [4.78, 5) is 13.0. The normalized spacial score (nSPS) is 11.5. The van der Waals surface area contributed by atoms with Crippen LogP contribution in [-0.2, 0) is 4.74 Å². The predicted molar refractivity (Wildman–Crippen MR) is 84.0 cm³/mol. The van der Waals surface area contributed by atoms with Crippen LogP contribution in [0.1, 0.15) is 36.0 Å². The van der Waals surface area contributed by atoms with Gasteiger partial charge in [-0.3, -0.25) is 0 Å². The third-order valence-electron chi connectivity index (χ3n) is 2.74. The van der Waals surface area contributed by atoms with Gasteiger partial charge in [0.15, 0.2) is 0 Å². The molecule has 112 valence electrons. The van der Waals surface area contributed by atoms with Gasteiger partial charge in [-0.25, -0.2) is 9.18 Å². The molecule has 3 nitrogen and oxygen atoms in total. The zero-order chi connectivity index (χ0) is 15.8. The standard InChI is InChI=1S/C16H18FNO2S/c1-9-5-6-10(11(17)7-9)13-8-12(18)14(21-13)15(19)20-16(2,3)4/h5-8H,18H2,1-4H3. The first kappa shape index (κ1) is 15.5. The lowest BCUT2D eigenvalue weighted by Gasteiger charge is -2.18. The Kier molecular flexibility index (Phi) is 4.05. The molecule has 0 saturated carbocycles. The molecule has 0 radical (unpaired) electrons. The maximum Gasteiger partial charge on any atom is 0.350 e. The van der Waals surface area contributed by atoms with Gasteiger partial charge < -0.3 is 10.5 Å². The number of hydrogen-bond acceptors (Lipinski definition) is 4. The summed E-state index contributed by atoms with van der Waals surface area (Å²) in [6.45, 7) is 7.18. The van der Waals surface area contributed by atoms with Gasteiger partial charge in [-0.1, -0.05) is 12.1 Å². The maximum absolute atomic E-state index is 14.0. The lowest BCUT2D eigenvalue weighted by molar-refractivity contribution is 0.00764. The van der Waals surface area contributed by atoms with E-state index >= 15 is 0 Å². The molecule has 0 saturated heterocycles. The van der Waals surface area contributed by atoms with Crippen LogP contribution in [0.15, 0.2) is 24.3 Å². The largest absolute Gasteiger partial charge is 0.456 e. The van der Waals surface area contributed by atoms with Crippen molar-refractivity contribution in [2.45, 2.75) is 33.3 Å². The lowest BCUT2D eigenvalue weighted by Crippen LogP contribution is -2.23. The van der Waals surface area contributed by atoms with E-state index in [1.54, 1.807) is 32.9 Å². The highest BCUT2D eigenvalue weighted by molar-refractivity contribution is 7.18. The molecule has 0 fully saturated rings. The van der Waals surface area contributed by atoms with E-state index in [0.717, 1.165) is 16.9 Å². The molecule has 0 unspecified atom stereocenters. The Hall–Kier alpha value is -1.88. The fourth-order valence-corrected chi connectivity index (χ4v) is 2.82. The summed E-state index contributed by atoms with van der Waals surface area (Å²) in [5, 5.41) is 0. The molecule has 0 atom stereocenters. The molecular weight excluding hydrogens is 289 g/mol. The predicted octanol–water partition coefficient (Wildman–Crippen LogP) is 4.40. The quantitative estimate of drug-likeness (QED) is 0.837. The maximum atomic E-state index is 14.0. The smallest absolute Gasteiger partial charge is 0.350 e. The number of nitrogens with two attached hydrogens (primary N) is 1. The van der Waals surface area contributed by atoms with E-state index in [-0.39, 0.29) is 5.82 Å². The Labute approximate surface area is 127 Å². The van der Waals surface area contributed by atoms with Crippen molar-refractivity contribution in [1.29, 1.82) is 0 Å². The number of benzene rings is 1. The van der Waals surface area contributed by atoms with E-state index in [9.17, 15) is 9.18 Å². The minimum atomic E-state index is -0.594. The number of anilines is 1. The van der Waals surface area contributed by atoms with Crippen LogP contribution < -0.4 is 5.73 Å². The minimum absolute atomic E-state index is 0.305. The van der Waals surface area contributed by atoms with Gasteiger partial charge in [-0.15, -0.1) is 11.3 Å². The molecule has 0 spiro atoms. The first-order chi connectivity index (χ1) is 9.67. The number of hydrogen-bond donors (Lipinski definition) is 1. The number of rotatable bonds is 2. The molecule has 21 heavy (non-hydrogen) atoms. The van der Waals surface area contributed by atoms with Crippen molar-refractivity contribution < 1.29 is 13.9 Å². The molecule has 0 aliphatic rings. The molecule has 0 aliphatic heterocycles. The number of carbonyl (C=O) groups is 1. The Balaban J connectivity index is 2.37. The monoisotopic (exact) mass is 307 g/mol. The van der Waals surface area contributed by atoms with Gasteiger partial charge in [-0.2, -0.15) is 0 Å². The number of ether oxygens (including phenoxy) is 1. The second-order valence-electron chi connectivity index (χ2n) is 5.88. The van der Waals surface area contributed by atoms with E-state index in [0.29, 0.717) is 21.0 Å². The molecule has 0 aliphatic carbocycles. The fourth-order valence-electron chi connectivity index (χ4n) is 1.84. The van der Waals surface area contributed by atoms with E-state index in [4.69, 9.17) is 10.5 Å². The van der Waals surface area contributed by atoms with Gasteiger partial charge in [0.25, 0.3) is 0 Å². The number of nitrogen functional groups attached to an aromatic ring is 1. The van der Waals surface area contributed by atoms with E-state index < -0.39 is 11.6 Å². The number of halogens is 1. The topological polar surface area (TPSA) is 52.3 Å². The zero-order valence-corrected chi connectivity index (χ0v) is 13.3. The summed E-state index contributed by atoms with van der Waals surface area (Å²) in [5.74, 6) is -0.809. The third kappa shape index (κ3) is 3.61. The first-order valence-corrected chi connectivity index (χ1v) is 7.38. The van der Waals surface area contributed by atoms with E-state index in [1.807, 2.05) is 13.0 Å². The molecular formula is C16H18FNO2S. The van der Waals surface area contributed by atoms with Crippen molar-refractivity contribution in [2.24, 2.45) is 0 Å². The Morgan fingerprint density at radius 3 is 2.52 bits per heavy atom. The van der Waals surface area contributed by atoms with Crippen molar-refractivity contribution in [3.63, 3.8) is 0 Å². The van der Waals surface area contributed by atoms with Crippen LogP contribution in [0.25, 0.3) is 10.4 Å². The number of aryl methyl sites for hydroxylation is 1. The highest BCUT2D eigenvalue weighted by Gasteiger charge is 2.23. The van der Waals surface area contributed by atoms with Crippen molar-refractivity contribution in [3.05, 3.63) is 40.5 Å². The van der Waals surface area contributed by atoms with Crippen LogP contribution in [-0.4, -0.2) is 11.6 Å². The van der Waals surface area contributed by atoms with Gasteiger partial charge in [0.2, 0.25) is 0 Å². The zero-order valence-electron chi connectivity index (χ0n) is 12.5. The van der Waals surface area contributed by atoms with Gasteiger partial charge in [0, 0.05) is 10.4 Å². The molecule has 1 aromatic heterocycles. The Morgan fingerprint density at radius 2 is 1.95 bits per heavy atom. The second-order valence-corrected chi connectivity index (χ2v) is 6.93. The average molecular weight is 307 g/mol. The summed E-state index contributed by atoms with van der Waals surface area (Å²) >= 11 is 1.14. The average Bonchev–Trinajstić information content (AvgIpc) is 2.68. The number of carbonyl (C=O) groups excluding carboxylic acids is 1. The third-order valence-corrected chi connectivity index (χ3v) is 3.90. The molecule has 2 rings (SSSR count). The molecule has 2 N–H and O–H groups in total. The molecule has 2 aromatic rings. The SMILES string of the molecule is Cc1ccc(-c2cc(N)c(C(=O)OC(C)(C)C)s2)c(F)c1. The summed E-state index contributed by atoms with van der Waals surface area (Å²) in [6.07, 6.45) is 0. The molecule has 0 amide bonds. The first-order valence-electron chi connectivity index (χ1n) is 6.56. The van der Waals surface area contributed by atoms with Gasteiger partial charge in [0.1, 0.15) is 16.3 Å². The summed E-state index contributed by atoms with van der Waals surface area (Å²) in [7, 11) is 0. The summed E-state index contributed by atoms with van der Waals surface area (Å²) in [5.41, 5.74) is 6.86. The lowest BCUT2D eigenvalue weighted by atomic mass is 10.1. The summed E-state index contributed by atoms with van der Waals surface area (Å²) in [6, 6.07) is 6.58. The molecule has 1 heterocycles. The second kappa shape index (κ2) is 5.48. The van der Waals surface area contributed by atoms with Gasteiger partial charge >= 0.3 is 5.97 Å². The molecule has 5 heteroatoms. The Morgan fingerprint density at radius 1 is 1.29 bits per heavy atom. The van der Waals surface area contributed by atoms with Crippen molar-refractivity contribution in [1.82, 2.24) is 0 Å². The van der Waals surface area contributed by atoms with Crippen molar-refractivity contribution in [3.8, 4) is 10.4 Å². The van der Waals surface area contributed by atoms with Crippen molar-refractivity contribution >= 4 is 23.0 Å². The highest BCUT2D eigenvalue weighted by Crippen LogP contribution is 2.35. The minimum Gasteiger partial charge on any atom is -0.456 e. The Bertz CT molecular complexity index is 686. The summed E-state index contributed by atoms with van der Waals surface area (Å²) < 4.78 is 19.3.